The molecule has 3 heterocycles. The maximum atomic E-state index is 11.5. The molecule has 2 aromatic carbocycles. The quantitative estimate of drug-likeness (QED) is 0.317. The number of ether oxygens (including phenoxy) is 2. The van der Waals surface area contributed by atoms with Crippen LogP contribution in [0.15, 0.2) is 60.7 Å². The molecule has 4 aromatic rings. The predicted octanol–water partition coefficient (Wildman–Crippen LogP) is 5.04. The lowest BCUT2D eigenvalue weighted by atomic mass is 9.93. The van der Waals surface area contributed by atoms with Crippen LogP contribution in [0.25, 0.3) is 11.0 Å². The smallest absolute Gasteiger partial charge is 0.335 e. The highest BCUT2D eigenvalue weighted by Crippen LogP contribution is 2.29. The minimum Gasteiger partial charge on any atom is -0.478 e. The van der Waals surface area contributed by atoms with E-state index < -0.39 is 5.97 Å². The summed E-state index contributed by atoms with van der Waals surface area (Å²) in [6.45, 7) is 6.33. The van der Waals surface area contributed by atoms with Crippen LogP contribution in [0.2, 0.25) is 0 Å². The van der Waals surface area contributed by atoms with E-state index in [1.807, 2.05) is 12.1 Å². The van der Waals surface area contributed by atoms with E-state index in [0.717, 1.165) is 54.0 Å². The maximum Gasteiger partial charge on any atom is 0.335 e. The van der Waals surface area contributed by atoms with E-state index in [1.54, 1.807) is 25.3 Å². The normalized spacial score (nSPS) is 14.7. The van der Waals surface area contributed by atoms with Gasteiger partial charge in [0.05, 0.1) is 29.7 Å². The summed E-state index contributed by atoms with van der Waals surface area (Å²) in [5.41, 5.74) is 5.35. The molecule has 2 aromatic heterocycles. The van der Waals surface area contributed by atoms with E-state index in [-0.39, 0.29) is 5.56 Å². The number of aromatic carboxylic acids is 1. The van der Waals surface area contributed by atoms with Gasteiger partial charge in [-0.1, -0.05) is 35.9 Å². The van der Waals surface area contributed by atoms with Crippen LogP contribution >= 0.6 is 0 Å². The highest BCUT2D eigenvalue weighted by molar-refractivity contribution is 5.92. The van der Waals surface area contributed by atoms with Crippen molar-refractivity contribution >= 4 is 17.0 Å². The Labute approximate surface area is 222 Å². The van der Waals surface area contributed by atoms with Crippen molar-refractivity contribution in [3.8, 4) is 5.88 Å². The molecule has 0 spiro atoms. The van der Waals surface area contributed by atoms with Gasteiger partial charge in [0, 0.05) is 31.3 Å². The number of fused-ring (bicyclic) bond motifs is 1. The number of aromatic nitrogens is 3. The van der Waals surface area contributed by atoms with Gasteiger partial charge in [0.15, 0.2) is 0 Å². The van der Waals surface area contributed by atoms with Gasteiger partial charge in [-0.25, -0.2) is 14.8 Å². The van der Waals surface area contributed by atoms with Crippen LogP contribution in [0.3, 0.4) is 0 Å². The van der Waals surface area contributed by atoms with E-state index in [0.29, 0.717) is 38.1 Å². The molecule has 0 saturated carbocycles. The number of imidazole rings is 1. The van der Waals surface area contributed by atoms with Crippen LogP contribution in [0.4, 0.5) is 0 Å². The number of pyridine rings is 1. The number of carboxylic acids is 1. The van der Waals surface area contributed by atoms with Gasteiger partial charge in [-0.2, -0.15) is 0 Å². The van der Waals surface area contributed by atoms with E-state index in [9.17, 15) is 9.90 Å². The summed E-state index contributed by atoms with van der Waals surface area (Å²) in [5.74, 6) is 1.05. The van der Waals surface area contributed by atoms with Gasteiger partial charge in [0.1, 0.15) is 12.4 Å². The van der Waals surface area contributed by atoms with Gasteiger partial charge in [0.2, 0.25) is 5.88 Å². The topological polar surface area (TPSA) is 89.7 Å². The zero-order valence-corrected chi connectivity index (χ0v) is 22.0. The standard InChI is InChI=1S/C30H34N4O4/c1-21-6-8-22(9-7-21)20-38-29-5-3-4-25(32-29)23-12-14-33(15-13-23)19-28-31-26-11-10-24(30(35)36)18-27(26)34(28)16-17-37-2/h3-11,18,23H,12-17,19-20H2,1-2H3,(H,35,36). The molecule has 0 atom stereocenters. The van der Waals surface area contributed by atoms with Crippen LogP contribution in [-0.2, 0) is 24.4 Å². The molecule has 8 nitrogen and oxygen atoms in total. The minimum absolute atomic E-state index is 0.265. The average Bonchev–Trinajstić information content (AvgIpc) is 3.28. The fourth-order valence-corrected chi connectivity index (χ4v) is 5.03. The third kappa shape index (κ3) is 6.03. The number of hydrogen-bond donors (Lipinski definition) is 1. The van der Waals surface area contributed by atoms with Crippen molar-refractivity contribution in [2.45, 2.75) is 45.4 Å². The SMILES string of the molecule is COCCn1c(CN2CCC(c3cccc(OCc4ccc(C)cc4)n3)CC2)nc2ccc(C(=O)O)cc21. The molecule has 8 heteroatoms. The Bertz CT molecular complexity index is 1390. The Morgan fingerprint density at radius 3 is 2.58 bits per heavy atom. The van der Waals surface area contributed by atoms with Crippen LogP contribution < -0.4 is 4.74 Å². The summed E-state index contributed by atoms with van der Waals surface area (Å²) in [5, 5.41) is 9.43. The molecule has 1 saturated heterocycles. The molecule has 5 rings (SSSR count). The molecule has 1 aliphatic heterocycles. The van der Waals surface area contributed by atoms with Gasteiger partial charge in [-0.05, 0) is 62.7 Å². The Morgan fingerprint density at radius 2 is 1.84 bits per heavy atom. The monoisotopic (exact) mass is 514 g/mol. The number of likely N-dealkylation sites (tertiary alicyclic amines) is 1. The first-order valence-electron chi connectivity index (χ1n) is 13.1. The van der Waals surface area contributed by atoms with Gasteiger partial charge in [-0.3, -0.25) is 4.90 Å². The molecule has 0 amide bonds. The first-order valence-corrected chi connectivity index (χ1v) is 13.1. The number of carbonyl (C=O) groups is 1. The lowest BCUT2D eigenvalue weighted by Crippen LogP contribution is -2.33. The molecule has 0 radical (unpaired) electrons. The number of methoxy groups -OCH3 is 1. The third-order valence-corrected chi connectivity index (χ3v) is 7.22. The van der Waals surface area contributed by atoms with Gasteiger partial charge in [-0.15, -0.1) is 0 Å². The summed E-state index contributed by atoms with van der Waals surface area (Å²) >= 11 is 0. The van der Waals surface area contributed by atoms with Crippen molar-refractivity contribution in [2.75, 3.05) is 26.8 Å². The number of nitrogens with zero attached hydrogens (tertiary/aromatic N) is 4. The average molecular weight is 515 g/mol. The first kappa shape index (κ1) is 25.9. The lowest BCUT2D eigenvalue weighted by Gasteiger charge is -2.31. The molecule has 198 valence electrons. The van der Waals surface area contributed by atoms with Crippen LogP contribution in [0.5, 0.6) is 5.88 Å². The van der Waals surface area contributed by atoms with Crippen LogP contribution in [-0.4, -0.2) is 57.3 Å². The molecule has 38 heavy (non-hydrogen) atoms. The summed E-state index contributed by atoms with van der Waals surface area (Å²) in [6, 6.07) is 19.5. The second-order valence-corrected chi connectivity index (χ2v) is 9.91. The molecular formula is C30H34N4O4. The molecule has 0 aliphatic carbocycles. The number of rotatable bonds is 10. The molecule has 1 aliphatic rings. The zero-order valence-electron chi connectivity index (χ0n) is 22.0. The number of carboxylic acid groups (broad SMARTS) is 1. The fourth-order valence-electron chi connectivity index (χ4n) is 5.03. The lowest BCUT2D eigenvalue weighted by molar-refractivity contribution is 0.0697. The Kier molecular flexibility index (Phi) is 8.00. The Hall–Kier alpha value is -3.75. The molecule has 1 N–H and O–H groups in total. The summed E-state index contributed by atoms with van der Waals surface area (Å²) in [7, 11) is 1.67. The van der Waals surface area contributed by atoms with E-state index in [2.05, 4.69) is 46.7 Å². The van der Waals surface area contributed by atoms with Crippen LogP contribution in [0, 0.1) is 6.92 Å². The summed E-state index contributed by atoms with van der Waals surface area (Å²) in [6.07, 6.45) is 2.02. The Morgan fingerprint density at radius 1 is 1.05 bits per heavy atom. The van der Waals surface area contributed by atoms with E-state index >= 15 is 0 Å². The largest absolute Gasteiger partial charge is 0.478 e. The van der Waals surface area contributed by atoms with E-state index in [4.69, 9.17) is 19.4 Å². The van der Waals surface area contributed by atoms with E-state index in [1.165, 1.54) is 5.56 Å². The van der Waals surface area contributed by atoms with Gasteiger partial charge < -0.3 is 19.1 Å². The van der Waals surface area contributed by atoms with Crippen molar-refractivity contribution in [1.29, 1.82) is 0 Å². The van der Waals surface area contributed by atoms with Crippen molar-refractivity contribution < 1.29 is 19.4 Å². The van der Waals surface area contributed by atoms with Crippen molar-refractivity contribution in [2.24, 2.45) is 0 Å². The second-order valence-electron chi connectivity index (χ2n) is 9.91. The first-order chi connectivity index (χ1) is 18.5. The number of hydrogen-bond acceptors (Lipinski definition) is 6. The van der Waals surface area contributed by atoms with Crippen molar-refractivity contribution in [3.63, 3.8) is 0 Å². The van der Waals surface area contributed by atoms with Crippen molar-refractivity contribution in [1.82, 2.24) is 19.4 Å². The molecular weight excluding hydrogens is 480 g/mol. The molecule has 1 fully saturated rings. The third-order valence-electron chi connectivity index (χ3n) is 7.22. The summed E-state index contributed by atoms with van der Waals surface area (Å²) in [4.78, 5) is 23.6. The number of benzene rings is 2. The maximum absolute atomic E-state index is 11.5. The van der Waals surface area contributed by atoms with Crippen molar-refractivity contribution in [3.05, 3.63) is 88.9 Å². The molecule has 0 bridgehead atoms. The molecule has 0 unspecified atom stereocenters. The van der Waals surface area contributed by atoms with Gasteiger partial charge in [0.25, 0.3) is 0 Å². The zero-order chi connectivity index (χ0) is 26.5. The highest BCUT2D eigenvalue weighted by Gasteiger charge is 2.24. The van der Waals surface area contributed by atoms with Crippen LogP contribution in [0.1, 0.15) is 51.8 Å². The predicted molar refractivity (Wildman–Crippen MR) is 146 cm³/mol. The fraction of sp³-hybridized carbons (Fsp3) is 0.367. The number of piperidine rings is 1. The summed E-state index contributed by atoms with van der Waals surface area (Å²) < 4.78 is 13.4. The minimum atomic E-state index is -0.937. The van der Waals surface area contributed by atoms with Gasteiger partial charge >= 0.3 is 5.97 Å². The number of aryl methyl sites for hydroxylation is 1. The highest BCUT2D eigenvalue weighted by atomic mass is 16.5. The Balaban J connectivity index is 1.22. The second kappa shape index (κ2) is 11.8.